The molecular formula is C13H11ClN2O2S. The van der Waals surface area contributed by atoms with Crippen LogP contribution in [0.25, 0.3) is 0 Å². The van der Waals surface area contributed by atoms with Gasteiger partial charge in [-0.3, -0.25) is 0 Å². The molecule has 0 spiro atoms. The van der Waals surface area contributed by atoms with E-state index in [1.807, 2.05) is 12.1 Å². The predicted molar refractivity (Wildman–Crippen MR) is 76.6 cm³/mol. The molecule has 1 aromatic heterocycles. The average Bonchev–Trinajstić information content (AvgIpc) is 2.39. The number of nitrogens with zero attached hydrogens (tertiary/aromatic N) is 1. The molecule has 2 rings (SSSR count). The van der Waals surface area contributed by atoms with Crippen LogP contribution >= 0.6 is 23.4 Å². The minimum atomic E-state index is -1.03. The van der Waals surface area contributed by atoms with Gasteiger partial charge in [0, 0.05) is 10.8 Å². The van der Waals surface area contributed by atoms with Crippen molar-refractivity contribution in [3.8, 4) is 0 Å². The number of aromatic nitrogens is 1. The minimum absolute atomic E-state index is 0.124. The SMILES string of the molecule is Nc1cnc(SCc2ccc(Cl)cc2)c(C(=O)O)c1. The van der Waals surface area contributed by atoms with Crippen LogP contribution in [0.5, 0.6) is 0 Å². The molecule has 19 heavy (non-hydrogen) atoms. The third kappa shape index (κ3) is 3.62. The van der Waals surface area contributed by atoms with Gasteiger partial charge >= 0.3 is 5.97 Å². The second kappa shape index (κ2) is 5.95. The number of aromatic carboxylic acids is 1. The molecule has 0 radical (unpaired) electrons. The number of hydrogen-bond acceptors (Lipinski definition) is 4. The molecule has 6 heteroatoms. The Morgan fingerprint density at radius 2 is 2.05 bits per heavy atom. The van der Waals surface area contributed by atoms with Crippen molar-refractivity contribution in [2.75, 3.05) is 5.73 Å². The lowest BCUT2D eigenvalue weighted by Crippen LogP contribution is -2.02. The van der Waals surface area contributed by atoms with Gasteiger partial charge in [0.2, 0.25) is 0 Å². The molecule has 0 unspecified atom stereocenters. The highest BCUT2D eigenvalue weighted by molar-refractivity contribution is 7.98. The Labute approximate surface area is 119 Å². The van der Waals surface area contributed by atoms with Gasteiger partial charge in [0.1, 0.15) is 5.03 Å². The fraction of sp³-hybridized carbons (Fsp3) is 0.0769. The summed E-state index contributed by atoms with van der Waals surface area (Å²) in [5, 5.41) is 10.2. The number of rotatable bonds is 4. The van der Waals surface area contributed by atoms with Crippen molar-refractivity contribution in [2.24, 2.45) is 0 Å². The zero-order valence-electron chi connectivity index (χ0n) is 9.84. The number of hydrogen-bond donors (Lipinski definition) is 2. The van der Waals surface area contributed by atoms with Crippen LogP contribution in [0.2, 0.25) is 5.02 Å². The van der Waals surface area contributed by atoms with Crippen molar-refractivity contribution in [2.45, 2.75) is 10.8 Å². The third-order valence-electron chi connectivity index (χ3n) is 2.39. The van der Waals surface area contributed by atoms with Crippen LogP contribution in [0.1, 0.15) is 15.9 Å². The summed E-state index contributed by atoms with van der Waals surface area (Å²) >= 11 is 7.15. The standard InChI is InChI=1S/C13H11ClN2O2S/c14-9-3-1-8(2-4-9)7-19-12-11(13(17)18)5-10(15)6-16-12/h1-6H,7,15H2,(H,17,18). The maximum atomic E-state index is 11.1. The first-order valence-corrected chi connectivity index (χ1v) is 6.78. The molecule has 1 heterocycles. The summed E-state index contributed by atoms with van der Waals surface area (Å²) in [5.74, 6) is -0.410. The van der Waals surface area contributed by atoms with E-state index < -0.39 is 5.97 Å². The quantitative estimate of drug-likeness (QED) is 0.846. The predicted octanol–water partition coefficient (Wildman–Crippen LogP) is 3.31. The summed E-state index contributed by atoms with van der Waals surface area (Å²) in [7, 11) is 0. The molecule has 98 valence electrons. The van der Waals surface area contributed by atoms with Gasteiger partial charge in [-0.05, 0) is 23.8 Å². The molecule has 0 amide bonds. The number of thioether (sulfide) groups is 1. The van der Waals surface area contributed by atoms with Gasteiger partial charge in [-0.25, -0.2) is 9.78 Å². The molecule has 4 nitrogen and oxygen atoms in total. The topological polar surface area (TPSA) is 76.2 Å². The second-order valence-electron chi connectivity index (χ2n) is 3.84. The van der Waals surface area contributed by atoms with Gasteiger partial charge in [0.25, 0.3) is 0 Å². The van der Waals surface area contributed by atoms with E-state index in [4.69, 9.17) is 22.4 Å². The Kier molecular flexibility index (Phi) is 4.29. The molecule has 0 fully saturated rings. The first kappa shape index (κ1) is 13.7. The number of benzene rings is 1. The van der Waals surface area contributed by atoms with Gasteiger partial charge in [-0.2, -0.15) is 0 Å². The van der Waals surface area contributed by atoms with E-state index >= 15 is 0 Å². The van der Waals surface area contributed by atoms with Crippen molar-refractivity contribution in [3.05, 3.63) is 52.7 Å². The minimum Gasteiger partial charge on any atom is -0.478 e. The highest BCUT2D eigenvalue weighted by atomic mass is 35.5. The fourth-order valence-corrected chi connectivity index (χ4v) is 2.52. The van der Waals surface area contributed by atoms with Crippen molar-refractivity contribution in [3.63, 3.8) is 0 Å². The molecule has 1 aromatic carbocycles. The van der Waals surface area contributed by atoms with Crippen LogP contribution in [-0.2, 0) is 5.75 Å². The smallest absolute Gasteiger partial charge is 0.338 e. The number of nitrogens with two attached hydrogens (primary N) is 1. The van der Waals surface area contributed by atoms with Crippen LogP contribution < -0.4 is 5.73 Å². The van der Waals surface area contributed by atoms with E-state index in [0.717, 1.165) is 5.56 Å². The van der Waals surface area contributed by atoms with Crippen molar-refractivity contribution in [1.29, 1.82) is 0 Å². The van der Waals surface area contributed by atoms with Crippen LogP contribution in [0.3, 0.4) is 0 Å². The molecule has 0 saturated heterocycles. The van der Waals surface area contributed by atoms with E-state index in [1.54, 1.807) is 12.1 Å². The summed E-state index contributed by atoms with van der Waals surface area (Å²) in [6.45, 7) is 0. The molecule has 0 aliphatic heterocycles. The Morgan fingerprint density at radius 3 is 2.68 bits per heavy atom. The Hall–Kier alpha value is -1.72. The van der Waals surface area contributed by atoms with Crippen LogP contribution in [0, 0.1) is 0 Å². The van der Waals surface area contributed by atoms with Crippen LogP contribution in [0.4, 0.5) is 5.69 Å². The number of carbonyl (C=O) groups is 1. The van der Waals surface area contributed by atoms with Gasteiger partial charge in [0.05, 0.1) is 17.4 Å². The molecule has 0 aliphatic carbocycles. The lowest BCUT2D eigenvalue weighted by atomic mass is 10.2. The first-order valence-electron chi connectivity index (χ1n) is 5.42. The summed E-state index contributed by atoms with van der Waals surface area (Å²) in [5.41, 5.74) is 7.05. The van der Waals surface area contributed by atoms with Gasteiger partial charge in [-0.1, -0.05) is 23.7 Å². The third-order valence-corrected chi connectivity index (χ3v) is 3.72. The lowest BCUT2D eigenvalue weighted by Gasteiger charge is -2.06. The molecule has 2 aromatic rings. The van der Waals surface area contributed by atoms with Crippen LogP contribution in [-0.4, -0.2) is 16.1 Å². The Bertz CT molecular complexity index is 602. The zero-order valence-corrected chi connectivity index (χ0v) is 11.4. The van der Waals surface area contributed by atoms with E-state index in [9.17, 15) is 4.79 Å². The summed E-state index contributed by atoms with van der Waals surface area (Å²) < 4.78 is 0. The maximum Gasteiger partial charge on any atom is 0.338 e. The second-order valence-corrected chi connectivity index (χ2v) is 5.24. The Morgan fingerprint density at radius 1 is 1.37 bits per heavy atom. The Balaban J connectivity index is 2.15. The summed E-state index contributed by atoms with van der Waals surface area (Å²) in [6, 6.07) is 8.80. The van der Waals surface area contributed by atoms with Gasteiger partial charge in [0.15, 0.2) is 0 Å². The normalized spacial score (nSPS) is 10.4. The molecule has 0 aliphatic rings. The number of pyridine rings is 1. The van der Waals surface area contributed by atoms with Gasteiger partial charge in [-0.15, -0.1) is 11.8 Å². The molecule has 0 atom stereocenters. The van der Waals surface area contributed by atoms with E-state index in [0.29, 0.717) is 21.5 Å². The molecule has 3 N–H and O–H groups in total. The number of anilines is 1. The molecule has 0 saturated carbocycles. The van der Waals surface area contributed by atoms with Gasteiger partial charge < -0.3 is 10.8 Å². The summed E-state index contributed by atoms with van der Waals surface area (Å²) in [4.78, 5) is 15.2. The number of halogens is 1. The molecular weight excluding hydrogens is 284 g/mol. The summed E-state index contributed by atoms with van der Waals surface area (Å²) in [6.07, 6.45) is 1.45. The van der Waals surface area contributed by atoms with Crippen molar-refractivity contribution in [1.82, 2.24) is 4.98 Å². The highest BCUT2D eigenvalue weighted by Crippen LogP contribution is 2.26. The van der Waals surface area contributed by atoms with Crippen LogP contribution in [0.15, 0.2) is 41.6 Å². The van der Waals surface area contributed by atoms with E-state index in [-0.39, 0.29) is 5.56 Å². The zero-order chi connectivity index (χ0) is 13.8. The fourth-order valence-electron chi connectivity index (χ4n) is 1.47. The average molecular weight is 295 g/mol. The first-order chi connectivity index (χ1) is 9.06. The highest BCUT2D eigenvalue weighted by Gasteiger charge is 2.12. The largest absolute Gasteiger partial charge is 0.478 e. The lowest BCUT2D eigenvalue weighted by molar-refractivity contribution is 0.0692. The van der Waals surface area contributed by atoms with E-state index in [1.165, 1.54) is 24.0 Å². The molecule has 0 bridgehead atoms. The monoisotopic (exact) mass is 294 g/mol. The van der Waals surface area contributed by atoms with E-state index in [2.05, 4.69) is 4.98 Å². The van der Waals surface area contributed by atoms with Crippen molar-refractivity contribution < 1.29 is 9.90 Å². The number of carboxylic acid groups (broad SMARTS) is 1. The van der Waals surface area contributed by atoms with Crippen molar-refractivity contribution >= 4 is 35.0 Å². The maximum absolute atomic E-state index is 11.1. The number of carboxylic acids is 1. The number of nitrogen functional groups attached to an aromatic ring is 1.